The molecule has 6 nitrogen and oxygen atoms in total. The zero-order chi connectivity index (χ0) is 20.1. The van der Waals surface area contributed by atoms with Crippen LogP contribution in [0.5, 0.6) is 0 Å². The molecule has 0 aromatic heterocycles. The number of para-hydroxylation sites is 1. The van der Waals surface area contributed by atoms with Gasteiger partial charge in [0.15, 0.2) is 0 Å². The number of halogens is 1. The first kappa shape index (κ1) is 20.2. The van der Waals surface area contributed by atoms with Crippen LogP contribution in [-0.4, -0.2) is 42.6 Å². The third-order valence-electron chi connectivity index (χ3n) is 4.23. The number of carbonyl (C=O) groups is 3. The number of hydrogen-bond donors (Lipinski definition) is 2. The monoisotopic (exact) mass is 417 g/mol. The zero-order valence-corrected chi connectivity index (χ0v) is 16.8. The highest BCUT2D eigenvalue weighted by atomic mass is 35.5. The molecular weight excluding hydrogens is 398 g/mol. The van der Waals surface area contributed by atoms with Crippen molar-refractivity contribution in [2.75, 3.05) is 23.7 Å². The standard InChI is InChI=1S/C20H20ClN3O3S/c1-13-20(27)24(17-5-3-2-4-16(17)19(26)23-13)12-18(25)22-10-11-28-15-8-6-14(21)7-9-15/h2-9,13H,10-12H2,1H3,(H,22,25)(H,23,26)/t13-/m1/s1. The number of hydrogen-bond acceptors (Lipinski definition) is 4. The van der Waals surface area contributed by atoms with Crippen LogP contribution in [0.3, 0.4) is 0 Å². The topological polar surface area (TPSA) is 78.5 Å². The van der Waals surface area contributed by atoms with E-state index in [2.05, 4.69) is 10.6 Å². The van der Waals surface area contributed by atoms with E-state index in [0.717, 1.165) is 4.90 Å². The molecule has 1 atom stereocenters. The van der Waals surface area contributed by atoms with E-state index < -0.39 is 6.04 Å². The fourth-order valence-electron chi connectivity index (χ4n) is 2.84. The van der Waals surface area contributed by atoms with E-state index >= 15 is 0 Å². The molecule has 0 spiro atoms. The van der Waals surface area contributed by atoms with Crippen LogP contribution >= 0.6 is 23.4 Å². The Labute approximate surface area is 172 Å². The van der Waals surface area contributed by atoms with E-state index in [4.69, 9.17) is 11.6 Å². The Morgan fingerprint density at radius 1 is 1.18 bits per heavy atom. The predicted molar refractivity (Wildman–Crippen MR) is 111 cm³/mol. The highest BCUT2D eigenvalue weighted by molar-refractivity contribution is 7.99. The van der Waals surface area contributed by atoms with Gasteiger partial charge in [-0.05, 0) is 43.3 Å². The maximum absolute atomic E-state index is 12.6. The average Bonchev–Trinajstić information content (AvgIpc) is 2.77. The van der Waals surface area contributed by atoms with Gasteiger partial charge < -0.3 is 15.5 Å². The number of rotatable bonds is 6. The summed E-state index contributed by atoms with van der Waals surface area (Å²) in [5, 5.41) is 6.16. The highest BCUT2D eigenvalue weighted by Gasteiger charge is 2.31. The smallest absolute Gasteiger partial charge is 0.254 e. The first-order chi connectivity index (χ1) is 13.5. The van der Waals surface area contributed by atoms with Crippen molar-refractivity contribution in [3.8, 4) is 0 Å². The molecule has 146 valence electrons. The molecule has 0 saturated heterocycles. The molecule has 8 heteroatoms. The second-order valence-corrected chi connectivity index (χ2v) is 7.89. The van der Waals surface area contributed by atoms with Crippen LogP contribution in [0.15, 0.2) is 53.4 Å². The quantitative estimate of drug-likeness (QED) is 0.559. The van der Waals surface area contributed by atoms with Gasteiger partial charge in [-0.15, -0.1) is 11.8 Å². The lowest BCUT2D eigenvalue weighted by molar-refractivity contribution is -0.124. The molecule has 2 N–H and O–H groups in total. The fourth-order valence-corrected chi connectivity index (χ4v) is 3.74. The van der Waals surface area contributed by atoms with Crippen molar-refractivity contribution < 1.29 is 14.4 Å². The molecule has 0 aliphatic carbocycles. The maximum Gasteiger partial charge on any atom is 0.254 e. The number of thioether (sulfide) groups is 1. The first-order valence-electron chi connectivity index (χ1n) is 8.82. The maximum atomic E-state index is 12.6. The predicted octanol–water partition coefficient (Wildman–Crippen LogP) is 2.71. The molecule has 0 fully saturated rings. The largest absolute Gasteiger partial charge is 0.354 e. The number of fused-ring (bicyclic) bond motifs is 1. The Morgan fingerprint density at radius 3 is 2.64 bits per heavy atom. The van der Waals surface area contributed by atoms with Crippen LogP contribution in [0.25, 0.3) is 0 Å². The summed E-state index contributed by atoms with van der Waals surface area (Å²) in [5.74, 6) is -0.224. The number of anilines is 1. The number of nitrogens with one attached hydrogen (secondary N) is 2. The Bertz CT molecular complexity index is 889. The van der Waals surface area contributed by atoms with E-state index in [1.165, 1.54) is 4.90 Å². The van der Waals surface area contributed by atoms with E-state index in [1.807, 2.05) is 24.3 Å². The molecule has 1 aliphatic heterocycles. The number of nitrogens with zero attached hydrogens (tertiary/aromatic N) is 1. The number of carbonyl (C=O) groups excluding carboxylic acids is 3. The van der Waals surface area contributed by atoms with Crippen LogP contribution < -0.4 is 15.5 Å². The zero-order valence-electron chi connectivity index (χ0n) is 15.3. The van der Waals surface area contributed by atoms with Gasteiger partial charge in [0.25, 0.3) is 5.91 Å². The van der Waals surface area contributed by atoms with Crippen molar-refractivity contribution in [2.24, 2.45) is 0 Å². The fraction of sp³-hybridized carbons (Fsp3) is 0.250. The highest BCUT2D eigenvalue weighted by Crippen LogP contribution is 2.24. The van der Waals surface area contributed by atoms with Gasteiger partial charge in [-0.2, -0.15) is 0 Å². The first-order valence-corrected chi connectivity index (χ1v) is 10.2. The normalized spacial score (nSPS) is 16.2. The number of benzene rings is 2. The second-order valence-electron chi connectivity index (χ2n) is 6.29. The van der Waals surface area contributed by atoms with Gasteiger partial charge in [0, 0.05) is 22.2 Å². The van der Waals surface area contributed by atoms with Crippen molar-refractivity contribution in [3.05, 3.63) is 59.1 Å². The van der Waals surface area contributed by atoms with Gasteiger partial charge >= 0.3 is 0 Å². The van der Waals surface area contributed by atoms with Gasteiger partial charge in [-0.25, -0.2) is 0 Å². The van der Waals surface area contributed by atoms with Crippen LogP contribution in [0.4, 0.5) is 5.69 Å². The van der Waals surface area contributed by atoms with Crippen LogP contribution in [0.1, 0.15) is 17.3 Å². The van der Waals surface area contributed by atoms with Crippen molar-refractivity contribution in [2.45, 2.75) is 17.9 Å². The van der Waals surface area contributed by atoms with Gasteiger partial charge in [-0.1, -0.05) is 23.7 Å². The minimum Gasteiger partial charge on any atom is -0.354 e. The van der Waals surface area contributed by atoms with Crippen molar-refractivity contribution in [3.63, 3.8) is 0 Å². The molecule has 0 saturated carbocycles. The lowest BCUT2D eigenvalue weighted by atomic mass is 10.1. The summed E-state index contributed by atoms with van der Waals surface area (Å²) in [7, 11) is 0. The van der Waals surface area contributed by atoms with Gasteiger partial charge in [0.1, 0.15) is 12.6 Å². The lowest BCUT2D eigenvalue weighted by Gasteiger charge is -2.23. The molecule has 28 heavy (non-hydrogen) atoms. The molecule has 0 bridgehead atoms. The van der Waals surface area contributed by atoms with Crippen LogP contribution in [0, 0.1) is 0 Å². The minimum absolute atomic E-state index is 0.138. The third kappa shape index (κ3) is 4.85. The summed E-state index contributed by atoms with van der Waals surface area (Å²) in [6.07, 6.45) is 0. The molecule has 1 aliphatic rings. The summed E-state index contributed by atoms with van der Waals surface area (Å²) < 4.78 is 0. The van der Waals surface area contributed by atoms with Gasteiger partial charge in [0.05, 0.1) is 11.3 Å². The Kier molecular flexibility index (Phi) is 6.59. The van der Waals surface area contributed by atoms with Crippen molar-refractivity contribution >= 4 is 46.8 Å². The molecular formula is C20H20ClN3O3S. The molecule has 3 rings (SSSR count). The summed E-state index contributed by atoms with van der Waals surface area (Å²) in [6.45, 7) is 1.93. The van der Waals surface area contributed by atoms with Gasteiger partial charge in [0.2, 0.25) is 11.8 Å². The van der Waals surface area contributed by atoms with Gasteiger partial charge in [-0.3, -0.25) is 14.4 Å². The van der Waals surface area contributed by atoms with E-state index in [1.54, 1.807) is 43.0 Å². The molecule has 0 unspecified atom stereocenters. The summed E-state index contributed by atoms with van der Waals surface area (Å²) in [6, 6.07) is 13.6. The second kappa shape index (κ2) is 9.12. The van der Waals surface area contributed by atoms with Crippen molar-refractivity contribution in [1.29, 1.82) is 0 Å². The van der Waals surface area contributed by atoms with Crippen LogP contribution in [-0.2, 0) is 9.59 Å². The molecule has 3 amide bonds. The lowest BCUT2D eigenvalue weighted by Crippen LogP contribution is -2.47. The summed E-state index contributed by atoms with van der Waals surface area (Å²) in [5.41, 5.74) is 0.825. The number of amides is 3. The molecule has 2 aromatic rings. The SMILES string of the molecule is C[C@H]1NC(=O)c2ccccc2N(CC(=O)NCCSc2ccc(Cl)cc2)C1=O. The minimum atomic E-state index is -0.701. The van der Waals surface area contributed by atoms with Crippen LogP contribution in [0.2, 0.25) is 5.02 Å². The Morgan fingerprint density at radius 2 is 1.89 bits per heavy atom. The average molecular weight is 418 g/mol. The van der Waals surface area contributed by atoms with Crippen molar-refractivity contribution in [1.82, 2.24) is 10.6 Å². The Balaban J connectivity index is 1.59. The van der Waals surface area contributed by atoms with E-state index in [9.17, 15) is 14.4 Å². The third-order valence-corrected chi connectivity index (χ3v) is 5.50. The molecule has 2 aromatic carbocycles. The van der Waals surface area contributed by atoms with E-state index in [0.29, 0.717) is 28.6 Å². The molecule has 0 radical (unpaired) electrons. The summed E-state index contributed by atoms with van der Waals surface area (Å²) in [4.78, 5) is 39.7. The van der Waals surface area contributed by atoms with E-state index in [-0.39, 0.29) is 24.3 Å². The molecule has 1 heterocycles. The summed E-state index contributed by atoms with van der Waals surface area (Å²) >= 11 is 7.46. The Hall–Kier alpha value is -2.51.